The summed E-state index contributed by atoms with van der Waals surface area (Å²) in [5.74, 6) is 0.950. The van der Waals surface area contributed by atoms with E-state index < -0.39 is 0 Å². The number of hydrogen-bond donors (Lipinski definition) is 0. The predicted molar refractivity (Wildman–Crippen MR) is 75.1 cm³/mol. The van der Waals surface area contributed by atoms with Crippen LogP contribution in [0.4, 0.5) is 0 Å². The predicted octanol–water partition coefficient (Wildman–Crippen LogP) is 1.08. The van der Waals surface area contributed by atoms with E-state index >= 15 is 0 Å². The van der Waals surface area contributed by atoms with Gasteiger partial charge in [0, 0.05) is 38.1 Å². The van der Waals surface area contributed by atoms with E-state index in [1.165, 1.54) is 30.9 Å². The Morgan fingerprint density at radius 1 is 1.47 bits per heavy atom. The van der Waals surface area contributed by atoms with Crippen LogP contribution < -0.4 is 0 Å². The highest BCUT2D eigenvalue weighted by Gasteiger charge is 2.26. The van der Waals surface area contributed by atoms with Gasteiger partial charge in [-0.2, -0.15) is 0 Å². The zero-order valence-corrected chi connectivity index (χ0v) is 12.3. The van der Waals surface area contributed by atoms with Gasteiger partial charge in [-0.1, -0.05) is 4.49 Å². The van der Waals surface area contributed by atoms with E-state index in [2.05, 4.69) is 26.4 Å². The standard InChI is InChI=1S/C13H22N4OS/c1-16(6-11-2-3-11)8-13-9-17(4-5-18-13)7-12-10-19-15-14-12/h10-11,13H,2-9H2,1H3/t13-/m1/s1. The zero-order valence-electron chi connectivity index (χ0n) is 11.5. The molecule has 1 atom stereocenters. The van der Waals surface area contributed by atoms with Gasteiger partial charge in [0.05, 0.1) is 18.4 Å². The summed E-state index contributed by atoms with van der Waals surface area (Å²) in [6, 6.07) is 0. The van der Waals surface area contributed by atoms with Gasteiger partial charge in [-0.25, -0.2) is 0 Å². The summed E-state index contributed by atoms with van der Waals surface area (Å²) in [6.45, 7) is 6.02. The second-order valence-corrected chi connectivity index (χ2v) is 6.40. The first kappa shape index (κ1) is 13.4. The molecule has 1 aromatic heterocycles. The molecule has 0 bridgehead atoms. The van der Waals surface area contributed by atoms with E-state index in [1.807, 2.05) is 5.38 Å². The first-order chi connectivity index (χ1) is 9.29. The van der Waals surface area contributed by atoms with Crippen molar-refractivity contribution < 1.29 is 4.74 Å². The molecule has 1 aromatic rings. The lowest BCUT2D eigenvalue weighted by atomic mass is 10.2. The average molecular weight is 282 g/mol. The van der Waals surface area contributed by atoms with E-state index in [9.17, 15) is 0 Å². The van der Waals surface area contributed by atoms with E-state index in [0.717, 1.165) is 44.4 Å². The summed E-state index contributed by atoms with van der Waals surface area (Å²) in [7, 11) is 2.21. The van der Waals surface area contributed by atoms with Gasteiger partial charge < -0.3 is 9.64 Å². The van der Waals surface area contributed by atoms with Gasteiger partial charge >= 0.3 is 0 Å². The van der Waals surface area contributed by atoms with Gasteiger partial charge in [0.15, 0.2) is 0 Å². The quantitative estimate of drug-likeness (QED) is 0.781. The van der Waals surface area contributed by atoms with Gasteiger partial charge in [0.2, 0.25) is 0 Å². The Bertz CT molecular complexity index is 382. The lowest BCUT2D eigenvalue weighted by Gasteiger charge is -2.34. The minimum absolute atomic E-state index is 0.337. The zero-order chi connectivity index (χ0) is 13.1. The van der Waals surface area contributed by atoms with Crippen LogP contribution in [-0.4, -0.2) is 65.3 Å². The first-order valence-corrected chi connectivity index (χ1v) is 7.91. The molecule has 0 amide bonds. The Kier molecular flexibility index (Phi) is 4.42. The molecular formula is C13H22N4OS. The maximum absolute atomic E-state index is 5.88. The molecule has 2 heterocycles. The van der Waals surface area contributed by atoms with Gasteiger partial charge in [0.25, 0.3) is 0 Å². The minimum Gasteiger partial charge on any atom is -0.374 e. The molecule has 1 saturated carbocycles. The highest BCUT2D eigenvalue weighted by atomic mass is 32.1. The third-order valence-corrected chi connectivity index (χ3v) is 4.35. The van der Waals surface area contributed by atoms with Crippen LogP contribution in [0.15, 0.2) is 5.38 Å². The van der Waals surface area contributed by atoms with Gasteiger partial charge in [-0.05, 0) is 37.3 Å². The van der Waals surface area contributed by atoms with Gasteiger partial charge in [0.1, 0.15) is 0 Å². The van der Waals surface area contributed by atoms with Crippen LogP contribution >= 0.6 is 11.5 Å². The van der Waals surface area contributed by atoms with Crippen LogP contribution in [0.5, 0.6) is 0 Å². The normalized spacial score (nSPS) is 25.1. The minimum atomic E-state index is 0.337. The van der Waals surface area contributed by atoms with Crippen molar-refractivity contribution in [1.29, 1.82) is 0 Å². The van der Waals surface area contributed by atoms with Crippen LogP contribution in [0.25, 0.3) is 0 Å². The molecule has 19 heavy (non-hydrogen) atoms. The third kappa shape index (κ3) is 4.21. The van der Waals surface area contributed by atoms with Gasteiger partial charge in [-0.15, -0.1) is 5.10 Å². The maximum Gasteiger partial charge on any atom is 0.0895 e. The number of hydrogen-bond acceptors (Lipinski definition) is 6. The molecule has 1 aliphatic heterocycles. The second kappa shape index (κ2) is 6.26. The molecule has 2 aliphatic rings. The lowest BCUT2D eigenvalue weighted by molar-refractivity contribution is -0.0437. The van der Waals surface area contributed by atoms with Crippen molar-refractivity contribution in [1.82, 2.24) is 19.4 Å². The average Bonchev–Trinajstić information content (AvgIpc) is 3.04. The SMILES string of the molecule is CN(CC1CC1)C[C@@H]1CN(Cc2csnn2)CCO1. The number of ether oxygens (including phenoxy) is 1. The summed E-state index contributed by atoms with van der Waals surface area (Å²) >= 11 is 1.43. The van der Waals surface area contributed by atoms with Crippen molar-refractivity contribution in [2.24, 2.45) is 5.92 Å². The van der Waals surface area contributed by atoms with Crippen molar-refractivity contribution >= 4 is 11.5 Å². The largest absolute Gasteiger partial charge is 0.374 e. The fraction of sp³-hybridized carbons (Fsp3) is 0.846. The van der Waals surface area contributed by atoms with Crippen LogP contribution in [0.1, 0.15) is 18.5 Å². The molecule has 0 aromatic carbocycles. The van der Waals surface area contributed by atoms with E-state index in [1.54, 1.807) is 0 Å². The van der Waals surface area contributed by atoms with Crippen LogP contribution in [0.2, 0.25) is 0 Å². The van der Waals surface area contributed by atoms with Crippen LogP contribution in [0.3, 0.4) is 0 Å². The highest BCUT2D eigenvalue weighted by Crippen LogP contribution is 2.29. The summed E-state index contributed by atoms with van der Waals surface area (Å²) in [5, 5.41) is 6.15. The van der Waals surface area contributed by atoms with Crippen LogP contribution in [-0.2, 0) is 11.3 Å². The highest BCUT2D eigenvalue weighted by molar-refractivity contribution is 7.03. The summed E-state index contributed by atoms with van der Waals surface area (Å²) in [6.07, 6.45) is 3.17. The number of rotatable bonds is 6. The lowest BCUT2D eigenvalue weighted by Crippen LogP contribution is -2.46. The summed E-state index contributed by atoms with van der Waals surface area (Å²) in [4.78, 5) is 4.85. The van der Waals surface area contributed by atoms with Crippen molar-refractivity contribution in [3.8, 4) is 0 Å². The van der Waals surface area contributed by atoms with Crippen molar-refractivity contribution in [2.75, 3.05) is 39.8 Å². The number of aromatic nitrogens is 2. The van der Waals surface area contributed by atoms with E-state index in [4.69, 9.17) is 4.74 Å². The molecule has 3 rings (SSSR count). The van der Waals surface area contributed by atoms with Crippen molar-refractivity contribution in [3.63, 3.8) is 0 Å². The second-order valence-electron chi connectivity index (χ2n) is 5.79. The Hall–Kier alpha value is -0.560. The molecule has 1 aliphatic carbocycles. The fourth-order valence-corrected chi connectivity index (χ4v) is 3.12. The Morgan fingerprint density at radius 3 is 3.11 bits per heavy atom. The van der Waals surface area contributed by atoms with Gasteiger partial charge in [-0.3, -0.25) is 4.90 Å². The summed E-state index contributed by atoms with van der Waals surface area (Å²) < 4.78 is 9.80. The van der Waals surface area contributed by atoms with E-state index in [0.29, 0.717) is 6.10 Å². The molecule has 0 radical (unpaired) electrons. The molecule has 1 saturated heterocycles. The smallest absolute Gasteiger partial charge is 0.0895 e. The topological polar surface area (TPSA) is 41.5 Å². The molecule has 6 heteroatoms. The molecule has 0 spiro atoms. The van der Waals surface area contributed by atoms with Crippen LogP contribution in [0, 0.1) is 5.92 Å². The monoisotopic (exact) mass is 282 g/mol. The molecule has 106 valence electrons. The number of likely N-dealkylation sites (N-methyl/N-ethyl adjacent to an activating group) is 1. The maximum atomic E-state index is 5.88. The Balaban J connectivity index is 1.44. The number of nitrogens with zero attached hydrogens (tertiary/aromatic N) is 4. The van der Waals surface area contributed by atoms with E-state index in [-0.39, 0.29) is 0 Å². The Morgan fingerprint density at radius 2 is 2.37 bits per heavy atom. The molecule has 5 nitrogen and oxygen atoms in total. The fourth-order valence-electron chi connectivity index (χ4n) is 2.68. The summed E-state index contributed by atoms with van der Waals surface area (Å²) in [5.41, 5.74) is 1.08. The number of morpholine rings is 1. The molecular weight excluding hydrogens is 260 g/mol. The first-order valence-electron chi connectivity index (χ1n) is 7.08. The third-order valence-electron chi connectivity index (χ3n) is 3.80. The molecule has 2 fully saturated rings. The van der Waals surface area contributed by atoms with Crippen molar-refractivity contribution in [3.05, 3.63) is 11.1 Å². The Labute approximate surface area is 118 Å². The molecule has 0 unspecified atom stereocenters. The molecule has 0 N–H and O–H groups in total. The van der Waals surface area contributed by atoms with Crippen molar-refractivity contribution in [2.45, 2.75) is 25.5 Å².